The number of nitrogens with zero attached hydrogens (tertiary/aromatic N) is 1. The lowest BCUT2D eigenvalue weighted by Gasteiger charge is -2.32. The molecule has 2 aliphatic heterocycles. The van der Waals surface area contributed by atoms with Crippen LogP contribution in [0, 0.1) is 0 Å². The Morgan fingerprint density at radius 1 is 1.29 bits per heavy atom. The highest BCUT2D eigenvalue weighted by Crippen LogP contribution is 2.25. The number of carbonyl (C=O) groups excluding carboxylic acids is 2. The lowest BCUT2D eigenvalue weighted by atomic mass is 10.0. The van der Waals surface area contributed by atoms with Gasteiger partial charge in [-0.1, -0.05) is 18.2 Å². The van der Waals surface area contributed by atoms with E-state index < -0.39 is 0 Å². The molecular weight excluding hydrogens is 308 g/mol. The Morgan fingerprint density at radius 2 is 2.04 bits per heavy atom. The summed E-state index contributed by atoms with van der Waals surface area (Å²) in [5.41, 5.74) is 1.55. The van der Waals surface area contributed by atoms with Crippen molar-refractivity contribution in [2.45, 2.75) is 25.8 Å². The molecule has 0 saturated carbocycles. The highest BCUT2D eigenvalue weighted by molar-refractivity contribution is 5.99. The third kappa shape index (κ3) is 3.69. The van der Waals surface area contributed by atoms with Crippen molar-refractivity contribution in [1.82, 2.24) is 10.2 Å². The quantitative estimate of drug-likeness (QED) is 0.922. The van der Waals surface area contributed by atoms with Gasteiger partial charge in [-0.3, -0.25) is 4.79 Å². The summed E-state index contributed by atoms with van der Waals surface area (Å²) in [5, 5.41) is 3.04. The fraction of sp³-hybridized carbons (Fsp3) is 0.444. The minimum atomic E-state index is -0.276. The van der Waals surface area contributed by atoms with Gasteiger partial charge in [-0.05, 0) is 31.9 Å². The van der Waals surface area contributed by atoms with Crippen LogP contribution in [0.3, 0.4) is 0 Å². The van der Waals surface area contributed by atoms with Crippen LogP contribution in [0.25, 0.3) is 6.08 Å². The number of hydrogen-bond acceptors (Lipinski definition) is 4. The summed E-state index contributed by atoms with van der Waals surface area (Å²) in [6.45, 7) is 3.66. The average Bonchev–Trinajstić information content (AvgIpc) is 2.62. The van der Waals surface area contributed by atoms with E-state index in [2.05, 4.69) is 5.32 Å². The third-order valence-corrected chi connectivity index (χ3v) is 4.28. The molecular formula is C18H22N2O4. The van der Waals surface area contributed by atoms with E-state index in [4.69, 9.17) is 9.47 Å². The Labute approximate surface area is 141 Å². The second kappa shape index (κ2) is 7.38. The number of para-hydroxylation sites is 1. The van der Waals surface area contributed by atoms with Gasteiger partial charge in [-0.15, -0.1) is 0 Å². The highest BCUT2D eigenvalue weighted by atomic mass is 16.6. The van der Waals surface area contributed by atoms with Crippen LogP contribution in [-0.2, 0) is 9.53 Å². The van der Waals surface area contributed by atoms with Crippen molar-refractivity contribution in [3.8, 4) is 5.75 Å². The standard InChI is InChI=1S/C18H22N2O4/c1-2-23-18(22)20-9-7-15(8-10-20)19-17(21)14-11-13-5-3-4-6-16(13)24-12-14/h3-6,11,15H,2,7-10,12H2,1H3,(H,19,21). The zero-order valence-electron chi connectivity index (χ0n) is 13.8. The molecule has 0 aliphatic carbocycles. The number of hydrogen-bond donors (Lipinski definition) is 1. The monoisotopic (exact) mass is 330 g/mol. The molecule has 0 spiro atoms. The van der Waals surface area contributed by atoms with Gasteiger partial charge in [0.2, 0.25) is 0 Å². The molecule has 1 fully saturated rings. The Hall–Kier alpha value is -2.50. The van der Waals surface area contributed by atoms with Crippen molar-refractivity contribution in [3.05, 3.63) is 35.4 Å². The molecule has 128 valence electrons. The van der Waals surface area contributed by atoms with Crippen molar-refractivity contribution in [2.75, 3.05) is 26.3 Å². The van der Waals surface area contributed by atoms with E-state index in [-0.39, 0.29) is 24.6 Å². The van der Waals surface area contributed by atoms with Gasteiger partial charge in [0, 0.05) is 24.7 Å². The molecule has 0 bridgehead atoms. The lowest BCUT2D eigenvalue weighted by Crippen LogP contribution is -2.47. The summed E-state index contributed by atoms with van der Waals surface area (Å²) >= 11 is 0. The van der Waals surface area contributed by atoms with E-state index >= 15 is 0 Å². The van der Waals surface area contributed by atoms with Gasteiger partial charge in [0.15, 0.2) is 0 Å². The first-order valence-electron chi connectivity index (χ1n) is 8.32. The van der Waals surface area contributed by atoms with Crippen LogP contribution >= 0.6 is 0 Å². The number of rotatable bonds is 3. The van der Waals surface area contributed by atoms with E-state index in [1.165, 1.54) is 0 Å². The number of likely N-dealkylation sites (tertiary alicyclic amines) is 1. The summed E-state index contributed by atoms with van der Waals surface area (Å²) in [7, 11) is 0. The zero-order chi connectivity index (χ0) is 16.9. The Morgan fingerprint density at radius 3 is 2.79 bits per heavy atom. The topological polar surface area (TPSA) is 67.9 Å². The van der Waals surface area contributed by atoms with Gasteiger partial charge in [0.05, 0.1) is 12.2 Å². The Balaban J connectivity index is 1.54. The van der Waals surface area contributed by atoms with Crippen molar-refractivity contribution < 1.29 is 19.1 Å². The zero-order valence-corrected chi connectivity index (χ0v) is 13.8. The molecule has 2 aliphatic rings. The van der Waals surface area contributed by atoms with Crippen molar-refractivity contribution in [1.29, 1.82) is 0 Å². The van der Waals surface area contributed by atoms with Gasteiger partial charge < -0.3 is 19.7 Å². The first-order valence-corrected chi connectivity index (χ1v) is 8.32. The first-order chi connectivity index (χ1) is 11.7. The molecule has 1 N–H and O–H groups in total. The summed E-state index contributed by atoms with van der Waals surface area (Å²) in [6, 6.07) is 7.73. The van der Waals surface area contributed by atoms with Crippen molar-refractivity contribution in [3.63, 3.8) is 0 Å². The molecule has 1 aromatic rings. The number of ether oxygens (including phenoxy) is 2. The number of amides is 2. The van der Waals surface area contributed by atoms with Crippen LogP contribution in [0.4, 0.5) is 4.79 Å². The Kier molecular flexibility index (Phi) is 5.03. The predicted molar refractivity (Wildman–Crippen MR) is 89.7 cm³/mol. The van der Waals surface area contributed by atoms with Gasteiger partial charge >= 0.3 is 6.09 Å². The summed E-state index contributed by atoms with van der Waals surface area (Å²) in [5.74, 6) is 0.705. The minimum absolute atomic E-state index is 0.0706. The van der Waals surface area contributed by atoms with E-state index in [0.29, 0.717) is 25.3 Å². The maximum Gasteiger partial charge on any atom is 0.409 e. The van der Waals surface area contributed by atoms with E-state index in [1.807, 2.05) is 30.3 Å². The maximum absolute atomic E-state index is 12.4. The van der Waals surface area contributed by atoms with Gasteiger partial charge in [0.25, 0.3) is 5.91 Å². The van der Waals surface area contributed by atoms with Crippen LogP contribution < -0.4 is 10.1 Å². The summed E-state index contributed by atoms with van der Waals surface area (Å²) in [6.07, 6.45) is 3.06. The largest absolute Gasteiger partial charge is 0.488 e. The van der Waals surface area contributed by atoms with Crippen LogP contribution in [0.5, 0.6) is 5.75 Å². The van der Waals surface area contributed by atoms with Crippen LogP contribution in [0.15, 0.2) is 29.8 Å². The van der Waals surface area contributed by atoms with Crippen LogP contribution in [0.2, 0.25) is 0 Å². The fourth-order valence-corrected chi connectivity index (χ4v) is 2.95. The predicted octanol–water partition coefficient (Wildman–Crippen LogP) is 2.20. The first kappa shape index (κ1) is 16.4. The maximum atomic E-state index is 12.4. The molecule has 2 amide bonds. The molecule has 24 heavy (non-hydrogen) atoms. The van der Waals surface area contributed by atoms with E-state index in [1.54, 1.807) is 11.8 Å². The van der Waals surface area contributed by atoms with Crippen LogP contribution in [0.1, 0.15) is 25.3 Å². The minimum Gasteiger partial charge on any atom is -0.488 e. The van der Waals surface area contributed by atoms with E-state index in [0.717, 1.165) is 24.2 Å². The number of fused-ring (bicyclic) bond motifs is 1. The Bertz CT molecular complexity index is 648. The van der Waals surface area contributed by atoms with Gasteiger partial charge in [-0.2, -0.15) is 0 Å². The van der Waals surface area contributed by atoms with Crippen molar-refractivity contribution in [2.24, 2.45) is 0 Å². The lowest BCUT2D eigenvalue weighted by molar-refractivity contribution is -0.118. The second-order valence-corrected chi connectivity index (χ2v) is 5.93. The molecule has 1 aromatic carbocycles. The molecule has 0 radical (unpaired) electrons. The number of carbonyl (C=O) groups is 2. The smallest absolute Gasteiger partial charge is 0.409 e. The third-order valence-electron chi connectivity index (χ3n) is 4.28. The van der Waals surface area contributed by atoms with Crippen molar-refractivity contribution >= 4 is 18.1 Å². The normalized spacial score (nSPS) is 17.4. The molecule has 0 aromatic heterocycles. The van der Waals surface area contributed by atoms with Gasteiger partial charge in [0.1, 0.15) is 12.4 Å². The highest BCUT2D eigenvalue weighted by Gasteiger charge is 2.26. The number of piperidine rings is 1. The molecule has 0 atom stereocenters. The number of nitrogens with one attached hydrogen (secondary N) is 1. The number of benzene rings is 1. The SMILES string of the molecule is CCOC(=O)N1CCC(NC(=O)C2=Cc3ccccc3OC2)CC1. The average molecular weight is 330 g/mol. The van der Waals surface area contributed by atoms with E-state index in [9.17, 15) is 9.59 Å². The fourth-order valence-electron chi connectivity index (χ4n) is 2.95. The second-order valence-electron chi connectivity index (χ2n) is 5.93. The molecule has 3 rings (SSSR count). The summed E-state index contributed by atoms with van der Waals surface area (Å²) in [4.78, 5) is 25.8. The molecule has 2 heterocycles. The summed E-state index contributed by atoms with van der Waals surface area (Å²) < 4.78 is 10.6. The van der Waals surface area contributed by atoms with Gasteiger partial charge in [-0.25, -0.2) is 4.79 Å². The molecule has 6 nitrogen and oxygen atoms in total. The molecule has 1 saturated heterocycles. The molecule has 6 heteroatoms. The van der Waals surface area contributed by atoms with Crippen LogP contribution in [-0.4, -0.2) is 49.2 Å². The molecule has 0 unspecified atom stereocenters.